The highest BCUT2D eigenvalue weighted by atomic mass is 32.2. The van der Waals surface area contributed by atoms with Gasteiger partial charge < -0.3 is 10.1 Å². The lowest BCUT2D eigenvalue weighted by Gasteiger charge is -2.35. The highest BCUT2D eigenvalue weighted by Gasteiger charge is 2.26. The minimum Gasteiger partial charge on any atom is -0.373 e. The van der Waals surface area contributed by atoms with E-state index in [9.17, 15) is 13.2 Å². The average molecular weight is 472 g/mol. The molecule has 2 fully saturated rings. The van der Waals surface area contributed by atoms with Gasteiger partial charge in [-0.1, -0.05) is 18.6 Å². The van der Waals surface area contributed by atoms with Crippen LogP contribution in [0.3, 0.4) is 0 Å². The van der Waals surface area contributed by atoms with Crippen LogP contribution in [-0.4, -0.2) is 61.9 Å². The van der Waals surface area contributed by atoms with E-state index < -0.39 is 10.0 Å². The summed E-state index contributed by atoms with van der Waals surface area (Å²) in [6.45, 7) is 7.94. The number of nitrogens with zero attached hydrogens (tertiary/aromatic N) is 2. The summed E-state index contributed by atoms with van der Waals surface area (Å²) >= 11 is 0. The van der Waals surface area contributed by atoms with Crippen molar-refractivity contribution in [1.82, 2.24) is 9.21 Å². The second-order valence-corrected chi connectivity index (χ2v) is 11.0. The molecule has 2 unspecified atom stereocenters. The van der Waals surface area contributed by atoms with Gasteiger partial charge in [-0.2, -0.15) is 4.31 Å². The molecule has 2 heterocycles. The van der Waals surface area contributed by atoms with E-state index in [-0.39, 0.29) is 23.0 Å². The Morgan fingerprint density at radius 1 is 0.939 bits per heavy atom. The lowest BCUT2D eigenvalue weighted by atomic mass is 10.1. The number of hydrogen-bond donors (Lipinski definition) is 1. The number of carbonyl (C=O) groups is 1. The molecule has 2 saturated heterocycles. The lowest BCUT2D eigenvalue weighted by molar-refractivity contribution is -0.0704. The number of benzene rings is 2. The summed E-state index contributed by atoms with van der Waals surface area (Å²) in [7, 11) is -3.47. The molecule has 7 nitrogen and oxygen atoms in total. The highest BCUT2D eigenvalue weighted by molar-refractivity contribution is 7.89. The Labute approximate surface area is 196 Å². The molecule has 0 spiro atoms. The quantitative estimate of drug-likeness (QED) is 0.695. The molecule has 0 aliphatic carbocycles. The molecule has 0 saturated carbocycles. The monoisotopic (exact) mass is 471 g/mol. The predicted octanol–water partition coefficient (Wildman–Crippen LogP) is 3.72. The van der Waals surface area contributed by atoms with Gasteiger partial charge in [-0.25, -0.2) is 8.42 Å². The first kappa shape index (κ1) is 23.9. The van der Waals surface area contributed by atoms with Gasteiger partial charge in [0.25, 0.3) is 5.91 Å². The van der Waals surface area contributed by atoms with E-state index in [2.05, 4.69) is 24.1 Å². The van der Waals surface area contributed by atoms with Crippen LogP contribution in [0.4, 0.5) is 5.69 Å². The third-order valence-corrected chi connectivity index (χ3v) is 8.10. The lowest BCUT2D eigenvalue weighted by Crippen LogP contribution is -2.44. The van der Waals surface area contributed by atoms with Crippen molar-refractivity contribution in [2.75, 3.05) is 31.5 Å². The Balaban J connectivity index is 1.35. The molecule has 0 radical (unpaired) electrons. The van der Waals surface area contributed by atoms with E-state index in [1.165, 1.54) is 0 Å². The summed E-state index contributed by atoms with van der Waals surface area (Å²) in [5.74, 6) is -0.221. The van der Waals surface area contributed by atoms with Crippen LogP contribution in [-0.2, 0) is 21.3 Å². The normalized spacial score (nSPS) is 22.7. The predicted molar refractivity (Wildman–Crippen MR) is 129 cm³/mol. The van der Waals surface area contributed by atoms with Crippen LogP contribution in [0.25, 0.3) is 0 Å². The molecular formula is C25H33N3O4S. The SMILES string of the molecule is CC1CN(Cc2ccc(C(=O)Nc3ccc(S(=O)(=O)N4CCCCC4)cc3)cc2)CC(C)O1. The topological polar surface area (TPSA) is 79.0 Å². The first-order chi connectivity index (χ1) is 15.8. The van der Waals surface area contributed by atoms with Crippen molar-refractivity contribution in [1.29, 1.82) is 0 Å². The molecule has 8 heteroatoms. The summed E-state index contributed by atoms with van der Waals surface area (Å²) in [4.78, 5) is 15.3. The number of morpholine rings is 1. The average Bonchev–Trinajstić information content (AvgIpc) is 2.80. The van der Waals surface area contributed by atoms with Crippen molar-refractivity contribution < 1.29 is 17.9 Å². The minimum atomic E-state index is -3.47. The molecule has 4 rings (SSSR count). The first-order valence-corrected chi connectivity index (χ1v) is 13.1. The van der Waals surface area contributed by atoms with Crippen LogP contribution in [0.15, 0.2) is 53.4 Å². The summed E-state index contributed by atoms with van der Waals surface area (Å²) in [5.41, 5.74) is 2.28. The molecule has 2 aliphatic rings. The number of piperidine rings is 1. The van der Waals surface area contributed by atoms with E-state index >= 15 is 0 Å². The number of ether oxygens (including phenoxy) is 1. The van der Waals surface area contributed by atoms with Gasteiger partial charge in [-0.15, -0.1) is 0 Å². The number of carbonyl (C=O) groups excluding carboxylic acids is 1. The molecule has 2 aromatic carbocycles. The van der Waals surface area contributed by atoms with Crippen molar-refractivity contribution >= 4 is 21.6 Å². The second-order valence-electron chi connectivity index (χ2n) is 9.09. The van der Waals surface area contributed by atoms with Crippen molar-refractivity contribution in [3.63, 3.8) is 0 Å². The van der Waals surface area contributed by atoms with Gasteiger partial charge in [0.15, 0.2) is 0 Å². The van der Waals surface area contributed by atoms with E-state index in [1.54, 1.807) is 28.6 Å². The smallest absolute Gasteiger partial charge is 0.255 e. The molecule has 2 aliphatic heterocycles. The number of nitrogens with one attached hydrogen (secondary N) is 1. The molecule has 33 heavy (non-hydrogen) atoms. The third kappa shape index (κ3) is 6.00. The van der Waals surface area contributed by atoms with Gasteiger partial charge in [0.1, 0.15) is 0 Å². The molecule has 0 aromatic heterocycles. The van der Waals surface area contributed by atoms with Crippen LogP contribution in [0.2, 0.25) is 0 Å². The van der Waals surface area contributed by atoms with Crippen molar-refractivity contribution in [3.8, 4) is 0 Å². The largest absolute Gasteiger partial charge is 0.373 e. The van der Waals surface area contributed by atoms with Crippen LogP contribution in [0, 0.1) is 0 Å². The van der Waals surface area contributed by atoms with Crippen LogP contribution >= 0.6 is 0 Å². The van der Waals surface area contributed by atoms with Crippen molar-refractivity contribution in [2.45, 2.75) is 56.8 Å². The third-order valence-electron chi connectivity index (χ3n) is 6.18. The maximum absolute atomic E-state index is 12.8. The zero-order valence-corrected chi connectivity index (χ0v) is 20.2. The summed E-state index contributed by atoms with van der Waals surface area (Å²) in [6, 6.07) is 14.0. The molecule has 0 bridgehead atoms. The van der Waals surface area contributed by atoms with Gasteiger partial charge in [0, 0.05) is 44.0 Å². The zero-order valence-electron chi connectivity index (χ0n) is 19.4. The van der Waals surface area contributed by atoms with Gasteiger partial charge in [-0.3, -0.25) is 9.69 Å². The zero-order chi connectivity index (χ0) is 23.4. The van der Waals surface area contributed by atoms with E-state index in [1.807, 2.05) is 24.3 Å². The summed E-state index contributed by atoms with van der Waals surface area (Å²) in [5, 5.41) is 2.85. The Morgan fingerprint density at radius 3 is 2.15 bits per heavy atom. The minimum absolute atomic E-state index is 0.221. The Kier molecular flexibility index (Phi) is 7.48. The Bertz CT molecular complexity index is 1040. The van der Waals surface area contributed by atoms with E-state index in [4.69, 9.17) is 4.74 Å². The van der Waals surface area contributed by atoms with Gasteiger partial charge >= 0.3 is 0 Å². The number of hydrogen-bond acceptors (Lipinski definition) is 5. The molecule has 2 aromatic rings. The molecule has 2 atom stereocenters. The van der Waals surface area contributed by atoms with Crippen LogP contribution in [0.5, 0.6) is 0 Å². The van der Waals surface area contributed by atoms with Crippen molar-refractivity contribution in [3.05, 3.63) is 59.7 Å². The van der Waals surface area contributed by atoms with E-state index in [0.717, 1.165) is 44.5 Å². The van der Waals surface area contributed by atoms with Crippen LogP contribution < -0.4 is 5.32 Å². The van der Waals surface area contributed by atoms with Gasteiger partial charge in [-0.05, 0) is 68.7 Å². The molecule has 178 valence electrons. The fourth-order valence-electron chi connectivity index (χ4n) is 4.60. The number of sulfonamides is 1. The van der Waals surface area contributed by atoms with Crippen LogP contribution in [0.1, 0.15) is 49.0 Å². The maximum atomic E-state index is 12.8. The Morgan fingerprint density at radius 2 is 1.55 bits per heavy atom. The molecular weight excluding hydrogens is 438 g/mol. The number of amides is 1. The molecule has 1 N–H and O–H groups in total. The first-order valence-electron chi connectivity index (χ1n) is 11.7. The van der Waals surface area contributed by atoms with E-state index in [0.29, 0.717) is 24.3 Å². The second kappa shape index (κ2) is 10.3. The Hall–Kier alpha value is -2.26. The fourth-order valence-corrected chi connectivity index (χ4v) is 6.12. The van der Waals surface area contributed by atoms with Gasteiger partial charge in [0.05, 0.1) is 17.1 Å². The summed E-state index contributed by atoms with van der Waals surface area (Å²) in [6.07, 6.45) is 3.32. The molecule has 1 amide bonds. The number of anilines is 1. The highest BCUT2D eigenvalue weighted by Crippen LogP contribution is 2.22. The summed E-state index contributed by atoms with van der Waals surface area (Å²) < 4.78 is 32.9. The fraction of sp³-hybridized carbons (Fsp3) is 0.480. The maximum Gasteiger partial charge on any atom is 0.255 e. The van der Waals surface area contributed by atoms with Crippen molar-refractivity contribution in [2.24, 2.45) is 0 Å². The number of rotatable bonds is 6. The van der Waals surface area contributed by atoms with Gasteiger partial charge in [0.2, 0.25) is 10.0 Å². The standard InChI is InChI=1S/C25H33N3O4S/c1-19-16-27(17-20(2)32-19)18-21-6-8-22(9-7-21)25(29)26-23-10-12-24(13-11-23)33(30,31)28-14-4-3-5-15-28/h6-13,19-20H,3-5,14-18H2,1-2H3,(H,26,29).